The molecule has 3 heteroatoms. The summed E-state index contributed by atoms with van der Waals surface area (Å²) in [6, 6.07) is 0. The van der Waals surface area contributed by atoms with E-state index in [4.69, 9.17) is 0 Å². The van der Waals surface area contributed by atoms with Crippen molar-refractivity contribution >= 4 is 0 Å². The third-order valence-electron chi connectivity index (χ3n) is 9.63. The normalized spacial score (nSPS) is 54.9. The molecule has 1 saturated heterocycles. The van der Waals surface area contributed by atoms with E-state index in [0.717, 1.165) is 24.6 Å². The van der Waals surface area contributed by atoms with E-state index >= 15 is 0 Å². The van der Waals surface area contributed by atoms with Gasteiger partial charge >= 0.3 is 0 Å². The molecule has 0 aromatic rings. The zero-order valence-electron chi connectivity index (χ0n) is 15.8. The molecule has 5 saturated carbocycles. The highest BCUT2D eigenvalue weighted by Gasteiger charge is 2.69. The molecule has 1 aliphatic heterocycles. The van der Waals surface area contributed by atoms with Crippen LogP contribution < -0.4 is 0 Å². The molecule has 140 valence electrons. The molecule has 4 bridgehead atoms. The summed E-state index contributed by atoms with van der Waals surface area (Å²) in [5.74, 6) is 2.04. The summed E-state index contributed by atoms with van der Waals surface area (Å²) in [6.07, 6.45) is 10.0. The molecule has 6 aliphatic rings. The number of piperidine rings is 1. The topological polar surface area (TPSA) is 43.7 Å². The van der Waals surface area contributed by atoms with Gasteiger partial charge in [-0.3, -0.25) is 4.90 Å². The second-order valence-electron chi connectivity index (χ2n) is 10.5. The van der Waals surface area contributed by atoms with E-state index in [1.807, 2.05) is 0 Å². The molecule has 1 heterocycles. The minimum Gasteiger partial charge on any atom is -0.395 e. The van der Waals surface area contributed by atoms with Crippen LogP contribution in [-0.4, -0.2) is 47.5 Å². The number of hydrogen-bond acceptors (Lipinski definition) is 3. The predicted molar refractivity (Wildman–Crippen MR) is 99.1 cm³/mol. The van der Waals surface area contributed by atoms with Crippen molar-refractivity contribution in [1.29, 1.82) is 0 Å². The van der Waals surface area contributed by atoms with Crippen LogP contribution in [0.25, 0.3) is 0 Å². The molecule has 0 aromatic carbocycles. The van der Waals surface area contributed by atoms with Gasteiger partial charge in [-0.25, -0.2) is 0 Å². The highest BCUT2D eigenvalue weighted by molar-refractivity contribution is 5.27. The van der Waals surface area contributed by atoms with Gasteiger partial charge in [0.05, 0.1) is 12.7 Å². The van der Waals surface area contributed by atoms with Crippen molar-refractivity contribution in [2.75, 3.05) is 26.2 Å². The summed E-state index contributed by atoms with van der Waals surface area (Å²) in [5.41, 5.74) is 2.05. The van der Waals surface area contributed by atoms with Crippen molar-refractivity contribution in [3.8, 4) is 0 Å². The zero-order valence-corrected chi connectivity index (χ0v) is 15.8. The molecule has 0 amide bonds. The summed E-state index contributed by atoms with van der Waals surface area (Å²) < 4.78 is 0. The lowest BCUT2D eigenvalue weighted by Crippen LogP contribution is -2.71. The lowest BCUT2D eigenvalue weighted by Gasteiger charge is -2.73. The monoisotopic (exact) mass is 345 g/mol. The molecule has 5 aliphatic carbocycles. The Bertz CT molecular complexity index is 591. The molecule has 2 N–H and O–H groups in total. The first-order chi connectivity index (χ1) is 12.0. The Kier molecular flexibility index (Phi) is 3.57. The van der Waals surface area contributed by atoms with Crippen molar-refractivity contribution in [2.24, 2.45) is 34.0 Å². The summed E-state index contributed by atoms with van der Waals surface area (Å²) >= 11 is 0. The maximum Gasteiger partial charge on any atom is 0.0809 e. The van der Waals surface area contributed by atoms with Crippen molar-refractivity contribution in [2.45, 2.75) is 64.4 Å². The predicted octanol–water partition coefficient (Wildman–Crippen LogP) is 3.21. The molecular weight excluding hydrogens is 310 g/mol. The van der Waals surface area contributed by atoms with E-state index in [1.54, 1.807) is 0 Å². The molecule has 0 aromatic heterocycles. The van der Waals surface area contributed by atoms with Gasteiger partial charge in [-0.2, -0.15) is 0 Å². The lowest BCUT2D eigenvalue weighted by atomic mass is 9.35. The Morgan fingerprint density at radius 2 is 1.88 bits per heavy atom. The highest BCUT2D eigenvalue weighted by atomic mass is 16.3. The number of aliphatic hydroxyl groups is 2. The number of fused-ring (bicyclic) bond motifs is 2. The fourth-order valence-corrected chi connectivity index (χ4v) is 8.86. The maximum absolute atomic E-state index is 11.2. The Hall–Kier alpha value is -0.380. The number of nitrogens with zero attached hydrogens (tertiary/aromatic N) is 1. The molecular formula is C22H35NO2. The molecule has 0 unspecified atom stereocenters. The van der Waals surface area contributed by atoms with Crippen LogP contribution in [0.15, 0.2) is 12.2 Å². The third kappa shape index (κ3) is 1.98. The minimum atomic E-state index is -0.262. The molecule has 3 nitrogen and oxygen atoms in total. The molecule has 6 rings (SSSR count). The second kappa shape index (κ2) is 5.33. The molecule has 7 atom stereocenters. The van der Waals surface area contributed by atoms with Gasteiger partial charge in [0.25, 0.3) is 0 Å². The number of β-amino-alcohol motifs (C(OH)–C–C–N with tert-alkyl or cyclic N) is 1. The van der Waals surface area contributed by atoms with E-state index in [1.165, 1.54) is 57.9 Å². The Balaban J connectivity index is 1.59. The van der Waals surface area contributed by atoms with Crippen LogP contribution in [0, 0.1) is 34.0 Å². The van der Waals surface area contributed by atoms with Gasteiger partial charge in [-0.05, 0) is 79.1 Å². The minimum absolute atomic E-state index is 0.114. The first-order valence-corrected chi connectivity index (χ1v) is 10.7. The summed E-state index contributed by atoms with van der Waals surface area (Å²) in [5, 5.41) is 20.8. The number of aliphatic hydroxyl groups excluding tert-OH is 2. The first kappa shape index (κ1) is 16.8. The Morgan fingerprint density at radius 1 is 1.08 bits per heavy atom. The van der Waals surface area contributed by atoms with Crippen LogP contribution in [0.2, 0.25) is 0 Å². The van der Waals surface area contributed by atoms with Crippen LogP contribution >= 0.6 is 0 Å². The van der Waals surface area contributed by atoms with Gasteiger partial charge in [0.1, 0.15) is 0 Å². The number of likely N-dealkylation sites (tertiary alicyclic amines) is 1. The molecule has 1 spiro atoms. The van der Waals surface area contributed by atoms with Gasteiger partial charge in [0, 0.05) is 25.0 Å². The first-order valence-electron chi connectivity index (χ1n) is 10.7. The Labute approximate surface area is 152 Å². The van der Waals surface area contributed by atoms with Crippen LogP contribution in [-0.2, 0) is 0 Å². The van der Waals surface area contributed by atoms with Gasteiger partial charge < -0.3 is 10.2 Å². The SMILES string of the molecule is C=C1[C@@H]2CC[C@]3(CC[C@@H]4[C@]5(C)CCC[C@@]4(CN(CCO)C5)[C@H]3C2)[C@H]1O. The van der Waals surface area contributed by atoms with Gasteiger partial charge in [0.15, 0.2) is 0 Å². The fourth-order valence-electron chi connectivity index (χ4n) is 8.86. The summed E-state index contributed by atoms with van der Waals surface area (Å²) in [7, 11) is 0. The van der Waals surface area contributed by atoms with Gasteiger partial charge in [-0.1, -0.05) is 19.9 Å². The maximum atomic E-state index is 11.2. The zero-order chi connectivity index (χ0) is 17.4. The smallest absolute Gasteiger partial charge is 0.0809 e. The Morgan fingerprint density at radius 3 is 2.68 bits per heavy atom. The summed E-state index contributed by atoms with van der Waals surface area (Å²) in [6.45, 7) is 10.3. The number of hydrogen-bond donors (Lipinski definition) is 2. The fraction of sp³-hybridized carbons (Fsp3) is 0.909. The van der Waals surface area contributed by atoms with Crippen LogP contribution in [0.5, 0.6) is 0 Å². The highest BCUT2D eigenvalue weighted by Crippen LogP contribution is 2.73. The van der Waals surface area contributed by atoms with Crippen molar-refractivity contribution in [1.82, 2.24) is 4.90 Å². The van der Waals surface area contributed by atoms with E-state index in [9.17, 15) is 10.2 Å². The van der Waals surface area contributed by atoms with Crippen molar-refractivity contribution in [3.05, 3.63) is 12.2 Å². The third-order valence-corrected chi connectivity index (χ3v) is 9.63. The quantitative estimate of drug-likeness (QED) is 0.755. The van der Waals surface area contributed by atoms with Gasteiger partial charge in [-0.15, -0.1) is 0 Å². The van der Waals surface area contributed by atoms with Gasteiger partial charge in [0.2, 0.25) is 0 Å². The average Bonchev–Trinajstić information content (AvgIpc) is 2.58. The van der Waals surface area contributed by atoms with E-state index in [2.05, 4.69) is 18.4 Å². The average molecular weight is 346 g/mol. The largest absolute Gasteiger partial charge is 0.395 e. The van der Waals surface area contributed by atoms with E-state index in [-0.39, 0.29) is 18.1 Å². The van der Waals surface area contributed by atoms with E-state index in [0.29, 0.717) is 22.7 Å². The molecule has 25 heavy (non-hydrogen) atoms. The van der Waals surface area contributed by atoms with Crippen LogP contribution in [0.4, 0.5) is 0 Å². The standard InChI is InChI=1S/C22H35NO2/c1-15-16-4-8-21(19(15)25)9-5-17-20(2)6-3-7-22(17,18(21)12-16)14-23(13-20)10-11-24/h16-19,24-25H,1,3-14H2,2H3/t16-,17-,18+,19+,20-,21-,22+/m1/s1. The molecule has 0 radical (unpaired) electrons. The molecule has 6 fully saturated rings. The van der Waals surface area contributed by atoms with Crippen LogP contribution in [0.1, 0.15) is 58.3 Å². The van der Waals surface area contributed by atoms with Crippen LogP contribution in [0.3, 0.4) is 0 Å². The summed E-state index contributed by atoms with van der Waals surface area (Å²) in [4.78, 5) is 2.57. The van der Waals surface area contributed by atoms with Crippen molar-refractivity contribution in [3.63, 3.8) is 0 Å². The van der Waals surface area contributed by atoms with E-state index < -0.39 is 0 Å². The lowest BCUT2D eigenvalue weighted by molar-refractivity contribution is -0.240. The number of rotatable bonds is 2. The second-order valence-corrected chi connectivity index (χ2v) is 10.5. The van der Waals surface area contributed by atoms with Crippen molar-refractivity contribution < 1.29 is 10.2 Å².